The fraction of sp³-hybridized carbons (Fsp3) is 0.286. The Morgan fingerprint density at radius 3 is 2.23 bits per heavy atom. The zero-order valence-corrected chi connectivity index (χ0v) is 6.69. The Labute approximate surface area is 74.3 Å². The standard InChI is InChI=1S/C7H8N2O4/c1-2-6(11)9(3-5(8)10)4-7(12)13/h1H,3-4H2,(H2,8,10)(H,12,13). The summed E-state index contributed by atoms with van der Waals surface area (Å²) >= 11 is 0. The predicted molar refractivity (Wildman–Crippen MR) is 42.2 cm³/mol. The number of rotatable bonds is 4. The predicted octanol–water partition coefficient (Wildman–Crippen LogP) is -1.98. The van der Waals surface area contributed by atoms with Gasteiger partial charge in [-0.15, -0.1) is 6.42 Å². The number of carboxylic acid groups (broad SMARTS) is 1. The highest BCUT2D eigenvalue weighted by Crippen LogP contribution is 1.88. The number of nitrogens with zero attached hydrogens (tertiary/aromatic N) is 1. The molecule has 13 heavy (non-hydrogen) atoms. The van der Waals surface area contributed by atoms with Crippen molar-refractivity contribution in [2.24, 2.45) is 5.73 Å². The van der Waals surface area contributed by atoms with Gasteiger partial charge in [0.15, 0.2) is 0 Å². The number of carbonyl (C=O) groups excluding carboxylic acids is 2. The third-order valence-electron chi connectivity index (χ3n) is 1.08. The van der Waals surface area contributed by atoms with E-state index in [1.807, 2.05) is 0 Å². The number of hydrogen-bond acceptors (Lipinski definition) is 3. The molecule has 0 spiro atoms. The van der Waals surface area contributed by atoms with Crippen LogP contribution in [-0.4, -0.2) is 40.9 Å². The van der Waals surface area contributed by atoms with E-state index in [2.05, 4.69) is 0 Å². The molecule has 0 bridgehead atoms. The number of carbonyl (C=O) groups is 3. The fourth-order valence-electron chi connectivity index (χ4n) is 0.642. The molecule has 0 aliphatic carbocycles. The lowest BCUT2D eigenvalue weighted by atomic mass is 10.4. The topological polar surface area (TPSA) is 101 Å². The first kappa shape index (κ1) is 11.0. The minimum atomic E-state index is -1.26. The molecule has 0 atom stereocenters. The van der Waals surface area contributed by atoms with Gasteiger partial charge < -0.3 is 15.7 Å². The second-order valence-electron chi connectivity index (χ2n) is 2.17. The first-order valence-corrected chi connectivity index (χ1v) is 3.23. The van der Waals surface area contributed by atoms with Gasteiger partial charge in [0.1, 0.15) is 13.1 Å². The van der Waals surface area contributed by atoms with E-state index < -0.39 is 30.9 Å². The Hall–Kier alpha value is -2.03. The Morgan fingerprint density at radius 1 is 1.38 bits per heavy atom. The minimum absolute atomic E-state index is 0.491. The summed E-state index contributed by atoms with van der Waals surface area (Å²) in [6, 6.07) is 0. The molecule has 0 saturated carbocycles. The molecule has 0 aliphatic heterocycles. The average molecular weight is 184 g/mol. The number of terminal acetylenes is 1. The van der Waals surface area contributed by atoms with Crippen molar-refractivity contribution in [2.45, 2.75) is 0 Å². The van der Waals surface area contributed by atoms with Gasteiger partial charge in [0.25, 0.3) is 5.91 Å². The van der Waals surface area contributed by atoms with Gasteiger partial charge in [-0.05, 0) is 5.92 Å². The van der Waals surface area contributed by atoms with Crippen LogP contribution in [0.3, 0.4) is 0 Å². The summed E-state index contributed by atoms with van der Waals surface area (Å²) in [5, 5.41) is 8.33. The lowest BCUT2D eigenvalue weighted by molar-refractivity contribution is -0.143. The fourth-order valence-corrected chi connectivity index (χ4v) is 0.642. The molecule has 0 rings (SSSR count). The van der Waals surface area contributed by atoms with Crippen molar-refractivity contribution < 1.29 is 19.5 Å². The summed E-state index contributed by atoms with van der Waals surface area (Å²) in [5.74, 6) is -1.26. The van der Waals surface area contributed by atoms with Crippen LogP contribution < -0.4 is 5.73 Å². The second kappa shape index (κ2) is 4.77. The van der Waals surface area contributed by atoms with Gasteiger partial charge in [-0.25, -0.2) is 0 Å². The van der Waals surface area contributed by atoms with Crippen LogP contribution in [0.25, 0.3) is 0 Å². The van der Waals surface area contributed by atoms with E-state index in [4.69, 9.17) is 17.3 Å². The van der Waals surface area contributed by atoms with Crippen LogP contribution in [0.5, 0.6) is 0 Å². The highest BCUT2D eigenvalue weighted by Gasteiger charge is 2.16. The minimum Gasteiger partial charge on any atom is -0.480 e. The van der Waals surface area contributed by atoms with Crippen molar-refractivity contribution in [3.63, 3.8) is 0 Å². The largest absolute Gasteiger partial charge is 0.480 e. The maximum absolute atomic E-state index is 10.8. The summed E-state index contributed by atoms with van der Waals surface area (Å²) in [4.78, 5) is 32.0. The van der Waals surface area contributed by atoms with Gasteiger partial charge in [-0.1, -0.05) is 0 Å². The van der Waals surface area contributed by atoms with Crippen molar-refractivity contribution >= 4 is 17.8 Å². The molecule has 0 aliphatic rings. The molecule has 2 amide bonds. The molecule has 0 unspecified atom stereocenters. The summed E-state index contributed by atoms with van der Waals surface area (Å²) in [5.41, 5.74) is 4.77. The summed E-state index contributed by atoms with van der Waals surface area (Å²) in [6.07, 6.45) is 4.74. The molecule has 0 aromatic heterocycles. The van der Waals surface area contributed by atoms with E-state index in [1.165, 1.54) is 0 Å². The lowest BCUT2D eigenvalue weighted by Crippen LogP contribution is -2.40. The normalized spacial score (nSPS) is 8.54. The monoisotopic (exact) mass is 184 g/mol. The smallest absolute Gasteiger partial charge is 0.323 e. The molecule has 0 fully saturated rings. The molecular weight excluding hydrogens is 176 g/mol. The third-order valence-corrected chi connectivity index (χ3v) is 1.08. The molecule has 0 radical (unpaired) electrons. The van der Waals surface area contributed by atoms with E-state index in [0.717, 1.165) is 0 Å². The van der Waals surface area contributed by atoms with Crippen LogP contribution in [-0.2, 0) is 14.4 Å². The Kier molecular flexibility index (Phi) is 4.02. The van der Waals surface area contributed by atoms with E-state index in [9.17, 15) is 14.4 Å². The van der Waals surface area contributed by atoms with Crippen molar-refractivity contribution in [3.05, 3.63) is 0 Å². The maximum atomic E-state index is 10.8. The number of nitrogens with two attached hydrogens (primary N) is 1. The first-order chi connectivity index (χ1) is 5.97. The highest BCUT2D eigenvalue weighted by molar-refractivity contribution is 5.96. The van der Waals surface area contributed by atoms with Gasteiger partial charge in [-0.2, -0.15) is 0 Å². The molecule has 0 saturated heterocycles. The average Bonchev–Trinajstić information content (AvgIpc) is 2.00. The number of aliphatic carboxylic acids is 1. The van der Waals surface area contributed by atoms with Gasteiger partial charge in [0.2, 0.25) is 5.91 Å². The maximum Gasteiger partial charge on any atom is 0.323 e. The molecule has 0 heterocycles. The van der Waals surface area contributed by atoms with Crippen LogP contribution in [0.1, 0.15) is 0 Å². The van der Waals surface area contributed by atoms with Gasteiger partial charge in [-0.3, -0.25) is 14.4 Å². The van der Waals surface area contributed by atoms with Crippen LogP contribution in [0.2, 0.25) is 0 Å². The van der Waals surface area contributed by atoms with Crippen molar-refractivity contribution in [1.82, 2.24) is 4.90 Å². The van der Waals surface area contributed by atoms with Gasteiger partial charge in [0, 0.05) is 0 Å². The van der Waals surface area contributed by atoms with Crippen LogP contribution >= 0.6 is 0 Å². The third kappa shape index (κ3) is 4.42. The van der Waals surface area contributed by atoms with E-state index >= 15 is 0 Å². The van der Waals surface area contributed by atoms with Gasteiger partial charge in [0.05, 0.1) is 0 Å². The summed E-state index contributed by atoms with van der Waals surface area (Å²) in [7, 11) is 0. The molecular formula is C7H8N2O4. The van der Waals surface area contributed by atoms with Crippen molar-refractivity contribution in [2.75, 3.05) is 13.1 Å². The Bertz CT molecular complexity index is 263. The molecule has 70 valence electrons. The van der Waals surface area contributed by atoms with E-state index in [-0.39, 0.29) is 0 Å². The number of amides is 2. The summed E-state index contributed by atoms with van der Waals surface area (Å²) < 4.78 is 0. The number of hydrogen-bond donors (Lipinski definition) is 2. The summed E-state index contributed by atoms with van der Waals surface area (Å²) in [6.45, 7) is -1.12. The molecule has 0 aromatic carbocycles. The second-order valence-corrected chi connectivity index (χ2v) is 2.17. The number of primary amides is 1. The lowest BCUT2D eigenvalue weighted by Gasteiger charge is -2.14. The molecule has 6 heteroatoms. The first-order valence-electron chi connectivity index (χ1n) is 3.23. The van der Waals surface area contributed by atoms with Crippen LogP contribution in [0.15, 0.2) is 0 Å². The quantitative estimate of drug-likeness (QED) is 0.494. The zero-order chi connectivity index (χ0) is 10.4. The van der Waals surface area contributed by atoms with Crippen LogP contribution in [0, 0.1) is 12.3 Å². The zero-order valence-electron chi connectivity index (χ0n) is 6.69. The SMILES string of the molecule is C#CC(=O)N(CC(N)=O)CC(=O)O. The molecule has 0 aromatic rings. The van der Waals surface area contributed by atoms with Crippen molar-refractivity contribution in [3.8, 4) is 12.3 Å². The molecule has 6 nitrogen and oxygen atoms in total. The van der Waals surface area contributed by atoms with Gasteiger partial charge >= 0.3 is 5.97 Å². The van der Waals surface area contributed by atoms with Crippen molar-refractivity contribution in [1.29, 1.82) is 0 Å². The molecule has 3 N–H and O–H groups in total. The van der Waals surface area contributed by atoms with Crippen LogP contribution in [0.4, 0.5) is 0 Å². The van der Waals surface area contributed by atoms with E-state index in [0.29, 0.717) is 4.90 Å². The Balaban J connectivity index is 4.38. The highest BCUT2D eigenvalue weighted by atomic mass is 16.4. The Morgan fingerprint density at radius 2 is 1.92 bits per heavy atom. The number of carboxylic acids is 1. The van der Waals surface area contributed by atoms with E-state index in [1.54, 1.807) is 5.92 Å².